The van der Waals surface area contributed by atoms with Crippen molar-refractivity contribution in [2.45, 2.75) is 75.2 Å². The molecule has 10 heteroatoms. The maximum atomic E-state index is 12.3. The fraction of sp³-hybridized carbons (Fsp3) is 0.324. The van der Waals surface area contributed by atoms with Crippen molar-refractivity contribution in [1.82, 2.24) is 5.32 Å². The van der Waals surface area contributed by atoms with Crippen LogP contribution < -0.4 is 10.0 Å². The van der Waals surface area contributed by atoms with E-state index in [1.54, 1.807) is 12.1 Å². The lowest BCUT2D eigenvalue weighted by molar-refractivity contribution is -0.645. The summed E-state index contributed by atoms with van der Waals surface area (Å²) in [6, 6.07) is 29.2. The Bertz CT molecular complexity index is 1630. The number of nitrogens with zero attached hydrogens (tertiary/aromatic N) is 1. The van der Waals surface area contributed by atoms with Crippen molar-refractivity contribution in [2.75, 3.05) is 5.75 Å². The number of amides is 1. The molecule has 1 fully saturated rings. The highest BCUT2D eigenvalue weighted by Gasteiger charge is 2.33. The number of aliphatic hydroxyl groups excluding tert-OH is 1. The number of benzene rings is 3. The number of aromatic nitrogens is 1. The summed E-state index contributed by atoms with van der Waals surface area (Å²) in [7, 11) is 0. The third-order valence-corrected chi connectivity index (χ3v) is 9.17. The van der Waals surface area contributed by atoms with E-state index in [1.807, 2.05) is 66.7 Å². The molecule has 0 radical (unpaired) electrons. The Labute approximate surface area is 279 Å². The third-order valence-electron chi connectivity index (χ3n) is 8.02. The highest BCUT2D eigenvalue weighted by atomic mass is 32.2. The summed E-state index contributed by atoms with van der Waals surface area (Å²) in [5.74, 6) is -0.285. The summed E-state index contributed by atoms with van der Waals surface area (Å²) >= 11 is 1.46. The number of ether oxygens (including phenoxy) is 2. The van der Waals surface area contributed by atoms with E-state index >= 15 is 0 Å². The first-order valence-corrected chi connectivity index (χ1v) is 16.9. The number of aliphatic carboxylic acids is 1. The number of carboxylic acid groups (broad SMARTS) is 1. The van der Waals surface area contributed by atoms with E-state index in [1.165, 1.54) is 18.0 Å². The minimum atomic E-state index is -0.811. The van der Waals surface area contributed by atoms with Gasteiger partial charge in [-0.25, -0.2) is 0 Å². The average Bonchev–Trinajstić information content (AvgIpc) is 3.10. The average molecular weight is 657 g/mol. The van der Waals surface area contributed by atoms with Gasteiger partial charge < -0.3 is 30.2 Å². The predicted molar refractivity (Wildman–Crippen MR) is 179 cm³/mol. The van der Waals surface area contributed by atoms with E-state index < -0.39 is 12.3 Å². The SMILES string of the molecule is O=C(O)CCCCCC(=O)NCc1cccc(-c2cccc([C@@H]3O[C@H](CSc4cccc[n+]4[O-])C[C@H](c4ccc(CO)cc4)O3)c2)c1. The summed E-state index contributed by atoms with van der Waals surface area (Å²) in [6.07, 6.45) is 3.50. The second-order valence-corrected chi connectivity index (χ2v) is 12.6. The smallest absolute Gasteiger partial charge is 0.303 e. The van der Waals surface area contributed by atoms with Gasteiger partial charge >= 0.3 is 5.97 Å². The fourth-order valence-electron chi connectivity index (χ4n) is 5.48. The van der Waals surface area contributed by atoms with Crippen LogP contribution in [0, 0.1) is 5.21 Å². The van der Waals surface area contributed by atoms with Gasteiger partial charge in [0.05, 0.1) is 18.8 Å². The molecule has 1 aliphatic rings. The normalized spacial score (nSPS) is 17.7. The van der Waals surface area contributed by atoms with E-state index in [0.717, 1.165) is 38.1 Å². The second kappa shape index (κ2) is 17.1. The van der Waals surface area contributed by atoms with Crippen LogP contribution in [-0.4, -0.2) is 33.9 Å². The molecule has 47 heavy (non-hydrogen) atoms. The monoisotopic (exact) mass is 656 g/mol. The van der Waals surface area contributed by atoms with Crippen molar-refractivity contribution in [3.63, 3.8) is 0 Å². The van der Waals surface area contributed by atoms with Crippen LogP contribution in [0.25, 0.3) is 11.1 Å². The molecule has 0 unspecified atom stereocenters. The molecule has 1 saturated heterocycles. The van der Waals surface area contributed by atoms with Crippen molar-refractivity contribution in [1.29, 1.82) is 0 Å². The number of carbonyl (C=O) groups is 2. The van der Waals surface area contributed by atoms with Gasteiger partial charge in [0.25, 0.3) is 5.03 Å². The number of nitrogens with one attached hydrogen (secondary N) is 1. The Morgan fingerprint density at radius 2 is 1.62 bits per heavy atom. The Morgan fingerprint density at radius 1 is 0.851 bits per heavy atom. The van der Waals surface area contributed by atoms with Crippen LogP contribution in [0.5, 0.6) is 0 Å². The molecule has 4 aromatic rings. The number of carbonyl (C=O) groups excluding carboxylic acids is 1. The van der Waals surface area contributed by atoms with E-state index in [2.05, 4.69) is 17.4 Å². The molecule has 5 rings (SSSR count). The number of hydrogen-bond acceptors (Lipinski definition) is 7. The zero-order chi connectivity index (χ0) is 33.0. The lowest BCUT2D eigenvalue weighted by atomic mass is 9.99. The minimum Gasteiger partial charge on any atom is -0.618 e. The summed E-state index contributed by atoms with van der Waals surface area (Å²) in [5, 5.41) is 34.1. The Morgan fingerprint density at radius 3 is 2.38 bits per heavy atom. The van der Waals surface area contributed by atoms with Gasteiger partial charge in [-0.2, -0.15) is 4.73 Å². The van der Waals surface area contributed by atoms with E-state index in [4.69, 9.17) is 14.6 Å². The zero-order valence-electron chi connectivity index (χ0n) is 26.1. The molecular weight excluding hydrogens is 616 g/mol. The van der Waals surface area contributed by atoms with Crippen LogP contribution in [0.2, 0.25) is 0 Å². The number of pyridine rings is 1. The summed E-state index contributed by atoms with van der Waals surface area (Å²) in [6.45, 7) is 0.372. The molecule has 2 heterocycles. The topological polar surface area (TPSA) is 132 Å². The Kier molecular flexibility index (Phi) is 12.4. The molecule has 1 aromatic heterocycles. The van der Waals surface area contributed by atoms with Crippen LogP contribution in [0.15, 0.2) is 102 Å². The quantitative estimate of drug-likeness (QED) is 0.0575. The molecule has 0 spiro atoms. The van der Waals surface area contributed by atoms with Crippen LogP contribution in [0.1, 0.15) is 73.2 Å². The lowest BCUT2D eigenvalue weighted by Gasteiger charge is -2.36. The first-order valence-electron chi connectivity index (χ1n) is 15.9. The standard InChI is InChI=1S/C37H40N2O7S/c40-24-26-15-17-28(18-16-26)33-22-32(25-47-35-13-4-5-19-39(35)44)45-37(46-33)31-11-7-10-30(21-31)29-9-6-8-27(20-29)23-38-34(41)12-2-1-3-14-36(42)43/h4-11,13,15-21,32-33,37,40H,1-3,12,14,22-25H2,(H,38,41)(H,42,43)/t32-,33+,37+/m0/s1. The Hall–Kier alpha value is -4.22. The molecule has 9 nitrogen and oxygen atoms in total. The van der Waals surface area contributed by atoms with Crippen molar-refractivity contribution >= 4 is 23.6 Å². The molecule has 0 saturated carbocycles. The van der Waals surface area contributed by atoms with Gasteiger partial charge in [0.15, 0.2) is 12.5 Å². The zero-order valence-corrected chi connectivity index (χ0v) is 26.9. The molecule has 1 amide bonds. The van der Waals surface area contributed by atoms with Gasteiger partial charge in [-0.05, 0) is 58.9 Å². The van der Waals surface area contributed by atoms with Gasteiger partial charge in [0, 0.05) is 49.3 Å². The van der Waals surface area contributed by atoms with Crippen LogP contribution in [0.3, 0.4) is 0 Å². The van der Waals surface area contributed by atoms with Crippen molar-refractivity contribution < 1.29 is 34.0 Å². The predicted octanol–water partition coefficient (Wildman–Crippen LogP) is 6.47. The molecule has 3 atom stereocenters. The lowest BCUT2D eigenvalue weighted by Crippen LogP contribution is -2.32. The van der Waals surface area contributed by atoms with E-state index in [9.17, 15) is 19.9 Å². The van der Waals surface area contributed by atoms with E-state index in [-0.39, 0.29) is 31.1 Å². The fourth-order valence-corrected chi connectivity index (χ4v) is 6.41. The molecule has 0 aliphatic carbocycles. The first-order chi connectivity index (χ1) is 22.9. The van der Waals surface area contributed by atoms with E-state index in [0.29, 0.717) is 49.4 Å². The number of unbranched alkanes of at least 4 members (excludes halogenated alkanes) is 2. The van der Waals surface area contributed by atoms with Gasteiger partial charge in [0.1, 0.15) is 0 Å². The molecule has 1 aliphatic heterocycles. The van der Waals surface area contributed by atoms with Gasteiger partial charge in [0.2, 0.25) is 5.91 Å². The van der Waals surface area contributed by atoms with Crippen molar-refractivity contribution in [3.05, 3.63) is 125 Å². The van der Waals surface area contributed by atoms with Crippen molar-refractivity contribution in [3.8, 4) is 11.1 Å². The maximum absolute atomic E-state index is 12.3. The summed E-state index contributed by atoms with van der Waals surface area (Å²) in [4.78, 5) is 23.0. The number of aliphatic hydroxyl groups is 1. The van der Waals surface area contributed by atoms with Crippen molar-refractivity contribution in [2.24, 2.45) is 0 Å². The first kappa shape index (κ1) is 34.1. The number of rotatable bonds is 15. The van der Waals surface area contributed by atoms with Gasteiger partial charge in [-0.3, -0.25) is 9.59 Å². The van der Waals surface area contributed by atoms with Crippen LogP contribution in [-0.2, 0) is 32.2 Å². The van der Waals surface area contributed by atoms with Crippen LogP contribution >= 0.6 is 11.8 Å². The Balaban J connectivity index is 1.27. The summed E-state index contributed by atoms with van der Waals surface area (Å²) < 4.78 is 13.9. The second-order valence-electron chi connectivity index (χ2n) is 11.6. The molecule has 3 N–H and O–H groups in total. The largest absolute Gasteiger partial charge is 0.618 e. The number of hydrogen-bond donors (Lipinski definition) is 3. The summed E-state index contributed by atoms with van der Waals surface area (Å²) in [5.41, 5.74) is 5.65. The number of thioether (sulfide) groups is 1. The number of carboxylic acids is 1. The molecule has 0 bridgehead atoms. The van der Waals surface area contributed by atoms with Gasteiger partial charge in [-0.15, -0.1) is 0 Å². The highest BCUT2D eigenvalue weighted by molar-refractivity contribution is 7.99. The molecule has 3 aromatic carbocycles. The molecular formula is C37H40N2O7S. The molecule has 246 valence electrons. The highest BCUT2D eigenvalue weighted by Crippen LogP contribution is 2.40. The van der Waals surface area contributed by atoms with Gasteiger partial charge in [-0.1, -0.05) is 78.8 Å². The minimum absolute atomic E-state index is 0.0282. The third kappa shape index (κ3) is 10.1. The maximum Gasteiger partial charge on any atom is 0.303 e. The van der Waals surface area contributed by atoms with Crippen LogP contribution in [0.4, 0.5) is 0 Å².